The lowest BCUT2D eigenvalue weighted by molar-refractivity contribution is 0.0601. The highest BCUT2D eigenvalue weighted by atomic mass is 16.5. The van der Waals surface area contributed by atoms with Crippen molar-refractivity contribution in [1.29, 1.82) is 5.26 Å². The second-order valence-corrected chi connectivity index (χ2v) is 6.33. The lowest BCUT2D eigenvalue weighted by Crippen LogP contribution is -2.39. The van der Waals surface area contributed by atoms with E-state index in [9.17, 15) is 9.59 Å². The standard InChI is InChI=1S/C21H20N2O3/c1-26-21(25)19-7-3-2-6-18(19)16-8-10-17(11-9-16)20(24)23-12-4-5-15(13-22)14-23/h2-3,6-11,15H,4-5,12,14H2,1H3. The van der Waals surface area contributed by atoms with E-state index >= 15 is 0 Å². The fourth-order valence-electron chi connectivity index (χ4n) is 3.26. The van der Waals surface area contributed by atoms with E-state index in [1.165, 1.54) is 7.11 Å². The molecule has 1 fully saturated rings. The third kappa shape index (κ3) is 3.60. The largest absolute Gasteiger partial charge is 0.465 e. The molecule has 132 valence electrons. The van der Waals surface area contributed by atoms with E-state index < -0.39 is 5.97 Å². The van der Waals surface area contributed by atoms with Crippen molar-refractivity contribution in [1.82, 2.24) is 4.90 Å². The number of methoxy groups -OCH3 is 1. The molecule has 1 atom stereocenters. The monoisotopic (exact) mass is 348 g/mol. The Balaban J connectivity index is 1.82. The van der Waals surface area contributed by atoms with Crippen LogP contribution in [0.2, 0.25) is 0 Å². The summed E-state index contributed by atoms with van der Waals surface area (Å²) in [6.07, 6.45) is 1.71. The van der Waals surface area contributed by atoms with Crippen molar-refractivity contribution in [2.45, 2.75) is 12.8 Å². The molecule has 0 saturated carbocycles. The molecule has 3 rings (SSSR count). The van der Waals surface area contributed by atoms with Gasteiger partial charge in [-0.3, -0.25) is 4.79 Å². The SMILES string of the molecule is COC(=O)c1ccccc1-c1ccc(C(=O)N2CCCC(C#N)C2)cc1. The fraction of sp³-hybridized carbons (Fsp3) is 0.286. The molecule has 0 aliphatic carbocycles. The van der Waals surface area contributed by atoms with Crippen LogP contribution in [0.15, 0.2) is 48.5 Å². The van der Waals surface area contributed by atoms with Crippen LogP contribution >= 0.6 is 0 Å². The lowest BCUT2D eigenvalue weighted by atomic mass is 9.97. The average molecular weight is 348 g/mol. The van der Waals surface area contributed by atoms with E-state index in [2.05, 4.69) is 6.07 Å². The average Bonchev–Trinajstić information content (AvgIpc) is 2.72. The Labute approximate surface area is 152 Å². The summed E-state index contributed by atoms with van der Waals surface area (Å²) < 4.78 is 4.83. The van der Waals surface area contributed by atoms with Crippen molar-refractivity contribution in [2.75, 3.05) is 20.2 Å². The Morgan fingerprint density at radius 1 is 1.15 bits per heavy atom. The first-order valence-electron chi connectivity index (χ1n) is 8.60. The minimum Gasteiger partial charge on any atom is -0.465 e. The Morgan fingerprint density at radius 2 is 1.88 bits per heavy atom. The molecular weight excluding hydrogens is 328 g/mol. The molecule has 0 bridgehead atoms. The van der Waals surface area contributed by atoms with Gasteiger partial charge in [0.05, 0.1) is 24.7 Å². The van der Waals surface area contributed by atoms with Crippen LogP contribution in [0.4, 0.5) is 0 Å². The number of nitriles is 1. The number of likely N-dealkylation sites (tertiary alicyclic amines) is 1. The number of esters is 1. The molecule has 5 nitrogen and oxygen atoms in total. The first-order valence-corrected chi connectivity index (χ1v) is 8.60. The molecule has 1 aliphatic heterocycles. The Hall–Kier alpha value is -3.13. The van der Waals surface area contributed by atoms with E-state index in [0.717, 1.165) is 24.0 Å². The van der Waals surface area contributed by atoms with Gasteiger partial charge in [-0.25, -0.2) is 4.79 Å². The third-order valence-corrected chi connectivity index (χ3v) is 4.67. The Bertz CT molecular complexity index is 852. The first-order chi connectivity index (χ1) is 12.6. The zero-order chi connectivity index (χ0) is 18.5. The minimum absolute atomic E-state index is 0.0576. The molecule has 2 aromatic rings. The fourth-order valence-corrected chi connectivity index (χ4v) is 3.26. The molecule has 0 spiro atoms. The van der Waals surface area contributed by atoms with Crippen molar-refractivity contribution in [3.05, 3.63) is 59.7 Å². The highest BCUT2D eigenvalue weighted by molar-refractivity contribution is 5.98. The zero-order valence-electron chi connectivity index (χ0n) is 14.6. The predicted octanol–water partition coefficient (Wildman–Crippen LogP) is 3.52. The third-order valence-electron chi connectivity index (χ3n) is 4.67. The normalized spacial score (nSPS) is 16.6. The topological polar surface area (TPSA) is 70.4 Å². The van der Waals surface area contributed by atoms with Crippen LogP contribution in [0.3, 0.4) is 0 Å². The van der Waals surface area contributed by atoms with E-state index in [0.29, 0.717) is 24.2 Å². The van der Waals surface area contributed by atoms with Gasteiger partial charge >= 0.3 is 5.97 Å². The maximum Gasteiger partial charge on any atom is 0.338 e. The van der Waals surface area contributed by atoms with E-state index in [-0.39, 0.29) is 11.8 Å². The van der Waals surface area contributed by atoms with Crippen molar-refractivity contribution >= 4 is 11.9 Å². The van der Waals surface area contributed by atoms with Gasteiger partial charge in [-0.1, -0.05) is 30.3 Å². The summed E-state index contributed by atoms with van der Waals surface area (Å²) in [6.45, 7) is 1.17. The van der Waals surface area contributed by atoms with E-state index in [1.807, 2.05) is 24.3 Å². The quantitative estimate of drug-likeness (QED) is 0.796. The number of ether oxygens (including phenoxy) is 1. The summed E-state index contributed by atoms with van der Waals surface area (Å²) in [5.74, 6) is -0.534. The number of rotatable bonds is 3. The lowest BCUT2D eigenvalue weighted by Gasteiger charge is -2.29. The van der Waals surface area contributed by atoms with Crippen LogP contribution in [0.25, 0.3) is 11.1 Å². The maximum atomic E-state index is 12.7. The molecular formula is C21H20N2O3. The van der Waals surface area contributed by atoms with E-state index in [4.69, 9.17) is 10.00 Å². The van der Waals surface area contributed by atoms with Gasteiger partial charge in [-0.15, -0.1) is 0 Å². The molecule has 1 aliphatic rings. The molecule has 5 heteroatoms. The zero-order valence-corrected chi connectivity index (χ0v) is 14.6. The minimum atomic E-state index is -0.392. The highest BCUT2D eigenvalue weighted by Gasteiger charge is 2.24. The van der Waals surface area contributed by atoms with Gasteiger partial charge in [0.25, 0.3) is 5.91 Å². The summed E-state index contributed by atoms with van der Waals surface area (Å²) in [5, 5.41) is 9.09. The highest BCUT2D eigenvalue weighted by Crippen LogP contribution is 2.25. The van der Waals surface area contributed by atoms with Gasteiger partial charge in [0.15, 0.2) is 0 Å². The predicted molar refractivity (Wildman–Crippen MR) is 97.5 cm³/mol. The number of carbonyl (C=O) groups is 2. The van der Waals surface area contributed by atoms with E-state index in [1.54, 1.807) is 29.2 Å². The number of piperidine rings is 1. The first kappa shape index (κ1) is 17.7. The van der Waals surface area contributed by atoms with Crippen molar-refractivity contribution in [3.8, 4) is 17.2 Å². The summed E-state index contributed by atoms with van der Waals surface area (Å²) in [6, 6.07) is 16.7. The summed E-state index contributed by atoms with van der Waals surface area (Å²) in [4.78, 5) is 26.4. The van der Waals surface area contributed by atoms with Gasteiger partial charge in [0.2, 0.25) is 0 Å². The van der Waals surface area contributed by atoms with Crippen LogP contribution < -0.4 is 0 Å². The van der Waals surface area contributed by atoms with Gasteiger partial charge in [0.1, 0.15) is 0 Å². The number of benzene rings is 2. The van der Waals surface area contributed by atoms with Crippen LogP contribution in [0, 0.1) is 17.2 Å². The van der Waals surface area contributed by atoms with Crippen LogP contribution in [-0.4, -0.2) is 37.0 Å². The number of amides is 1. The van der Waals surface area contributed by atoms with Crippen molar-refractivity contribution < 1.29 is 14.3 Å². The molecule has 1 saturated heterocycles. The molecule has 26 heavy (non-hydrogen) atoms. The van der Waals surface area contributed by atoms with Crippen LogP contribution in [0.5, 0.6) is 0 Å². The number of hydrogen-bond acceptors (Lipinski definition) is 4. The van der Waals surface area contributed by atoms with Gasteiger partial charge in [0, 0.05) is 18.7 Å². The summed E-state index contributed by atoms with van der Waals surface area (Å²) >= 11 is 0. The van der Waals surface area contributed by atoms with Gasteiger partial charge in [-0.05, 0) is 42.2 Å². The molecule has 0 aromatic heterocycles. The molecule has 0 radical (unpaired) electrons. The van der Waals surface area contributed by atoms with Crippen LogP contribution in [-0.2, 0) is 4.74 Å². The maximum absolute atomic E-state index is 12.7. The second kappa shape index (κ2) is 7.83. The number of carbonyl (C=O) groups excluding carboxylic acids is 2. The Morgan fingerprint density at radius 3 is 2.58 bits per heavy atom. The van der Waals surface area contributed by atoms with Crippen molar-refractivity contribution in [3.63, 3.8) is 0 Å². The van der Waals surface area contributed by atoms with Crippen molar-refractivity contribution in [2.24, 2.45) is 5.92 Å². The second-order valence-electron chi connectivity index (χ2n) is 6.33. The van der Waals surface area contributed by atoms with Gasteiger partial charge in [-0.2, -0.15) is 5.26 Å². The Kier molecular flexibility index (Phi) is 5.33. The smallest absolute Gasteiger partial charge is 0.338 e. The molecule has 0 N–H and O–H groups in total. The van der Waals surface area contributed by atoms with Gasteiger partial charge < -0.3 is 9.64 Å². The number of hydrogen-bond donors (Lipinski definition) is 0. The molecule has 1 heterocycles. The molecule has 1 amide bonds. The summed E-state index contributed by atoms with van der Waals surface area (Å²) in [5.41, 5.74) is 2.68. The number of nitrogens with zero attached hydrogens (tertiary/aromatic N) is 2. The molecule has 2 aromatic carbocycles. The van der Waals surface area contributed by atoms with Crippen LogP contribution in [0.1, 0.15) is 33.6 Å². The molecule has 1 unspecified atom stereocenters. The summed E-state index contributed by atoms with van der Waals surface area (Å²) in [7, 11) is 1.36.